The van der Waals surface area contributed by atoms with Crippen molar-refractivity contribution in [2.24, 2.45) is 34.5 Å². The lowest BCUT2D eigenvalue weighted by Gasteiger charge is -2.61. The van der Waals surface area contributed by atoms with Gasteiger partial charge >= 0.3 is 0 Å². The van der Waals surface area contributed by atoms with Crippen molar-refractivity contribution in [3.8, 4) is 0 Å². The molecule has 0 aromatic carbocycles. The van der Waals surface area contributed by atoms with Gasteiger partial charge in [0.2, 0.25) is 0 Å². The van der Waals surface area contributed by atoms with Crippen LogP contribution in [0.25, 0.3) is 0 Å². The maximum Gasteiger partial charge on any atom is 0.267 e. The van der Waals surface area contributed by atoms with Crippen molar-refractivity contribution in [3.63, 3.8) is 0 Å². The average Bonchev–Trinajstić information content (AvgIpc) is 2.96. The molecule has 1 unspecified atom stereocenters. The van der Waals surface area contributed by atoms with Crippen LogP contribution in [0.2, 0.25) is 0 Å². The van der Waals surface area contributed by atoms with Crippen LogP contribution in [-0.2, 0) is 14.3 Å². The van der Waals surface area contributed by atoms with Crippen LogP contribution in [0.15, 0.2) is 0 Å². The topological polar surface area (TPSA) is 43.4 Å². The highest BCUT2D eigenvalue weighted by Crippen LogP contribution is 2.66. The molecule has 0 N–H and O–H groups in total. The summed E-state index contributed by atoms with van der Waals surface area (Å²) in [4.78, 5) is 0. The van der Waals surface area contributed by atoms with Crippen LogP contribution in [0, 0.1) is 34.5 Å². The van der Waals surface area contributed by atoms with E-state index >= 15 is 0 Å². The Morgan fingerprint density at radius 2 is 1.77 bits per heavy atom. The highest BCUT2D eigenvalue weighted by Gasteiger charge is 2.60. The van der Waals surface area contributed by atoms with Crippen molar-refractivity contribution >= 4 is 10.1 Å². The number of fused-ring (bicyclic) bond motifs is 5. The zero-order valence-corrected chi connectivity index (χ0v) is 17.8. The van der Waals surface area contributed by atoms with E-state index in [-0.39, 0.29) is 11.9 Å². The van der Waals surface area contributed by atoms with E-state index in [1.165, 1.54) is 57.8 Å². The lowest BCUT2D eigenvalue weighted by Crippen LogP contribution is -2.57. The predicted molar refractivity (Wildman–Crippen MR) is 105 cm³/mol. The molecule has 0 aromatic rings. The first-order valence-corrected chi connectivity index (χ1v) is 12.8. The van der Waals surface area contributed by atoms with E-state index in [0.29, 0.717) is 40.9 Å². The highest BCUT2D eigenvalue weighted by atomic mass is 32.2. The van der Waals surface area contributed by atoms with E-state index in [0.717, 1.165) is 6.42 Å². The molecule has 0 saturated heterocycles. The van der Waals surface area contributed by atoms with Crippen LogP contribution in [0.1, 0.15) is 91.4 Å². The quantitative estimate of drug-likeness (QED) is 0.599. The van der Waals surface area contributed by atoms with Gasteiger partial charge in [-0.3, -0.25) is 4.18 Å². The lowest BCUT2D eigenvalue weighted by molar-refractivity contribution is -0.149. The summed E-state index contributed by atoms with van der Waals surface area (Å²) in [6, 6.07) is 0. The van der Waals surface area contributed by atoms with E-state index in [1.54, 1.807) is 0 Å². The van der Waals surface area contributed by atoms with Crippen LogP contribution >= 0.6 is 0 Å². The van der Waals surface area contributed by atoms with Gasteiger partial charge in [-0.05, 0) is 85.9 Å². The SMILES string of the molecule is CCCS(=O)(=O)O[C@@H]1CC2CCCC[C@]2(C)[C@H]2CC[C@]3(C)CCC[C@H]3[C@H]12. The zero-order chi connectivity index (χ0) is 18.6. The molecule has 0 heterocycles. The molecule has 26 heavy (non-hydrogen) atoms. The first-order valence-electron chi connectivity index (χ1n) is 11.2. The van der Waals surface area contributed by atoms with Gasteiger partial charge in [-0.25, -0.2) is 0 Å². The Morgan fingerprint density at radius 1 is 0.962 bits per heavy atom. The molecule has 4 aliphatic rings. The monoisotopic (exact) mass is 382 g/mol. The van der Waals surface area contributed by atoms with E-state index in [2.05, 4.69) is 13.8 Å². The summed E-state index contributed by atoms with van der Waals surface area (Å²) in [6.07, 6.45) is 13.4. The smallest absolute Gasteiger partial charge is 0.266 e. The van der Waals surface area contributed by atoms with Crippen molar-refractivity contribution in [1.29, 1.82) is 0 Å². The molecular weight excluding hydrogens is 344 g/mol. The van der Waals surface area contributed by atoms with Gasteiger partial charge in [0.15, 0.2) is 0 Å². The molecule has 0 bridgehead atoms. The molecule has 4 saturated carbocycles. The zero-order valence-electron chi connectivity index (χ0n) is 17.0. The van der Waals surface area contributed by atoms with E-state index in [9.17, 15) is 8.42 Å². The number of rotatable bonds is 4. The Balaban J connectivity index is 1.68. The molecule has 4 aliphatic carbocycles. The standard InChI is InChI=1S/C22H38O3S/c1-4-14-26(23,24)25-19-15-16-8-5-6-12-22(16,3)18-10-13-21(2)11-7-9-17(21)20(18)19/h16-20H,4-15H2,1-3H3/t16?,17-,18-,19+,20-,21-,22-/m0/s1. The average molecular weight is 383 g/mol. The lowest BCUT2D eigenvalue weighted by atomic mass is 9.45. The maximum atomic E-state index is 12.6. The van der Waals surface area contributed by atoms with Crippen LogP contribution in [0.5, 0.6) is 0 Å². The molecule has 0 spiro atoms. The Kier molecular flexibility index (Phi) is 5.00. The summed E-state index contributed by atoms with van der Waals surface area (Å²) in [5.41, 5.74) is 0.844. The second kappa shape index (κ2) is 6.76. The Morgan fingerprint density at radius 3 is 2.54 bits per heavy atom. The summed E-state index contributed by atoms with van der Waals surface area (Å²) >= 11 is 0. The maximum absolute atomic E-state index is 12.6. The fraction of sp³-hybridized carbons (Fsp3) is 1.00. The Hall–Kier alpha value is -0.0900. The van der Waals surface area contributed by atoms with E-state index in [1.807, 2.05) is 6.92 Å². The fourth-order valence-electron chi connectivity index (χ4n) is 7.81. The van der Waals surface area contributed by atoms with Gasteiger partial charge in [-0.1, -0.05) is 40.0 Å². The normalized spacial score (nSPS) is 48.5. The van der Waals surface area contributed by atoms with Gasteiger partial charge in [0.1, 0.15) is 0 Å². The summed E-state index contributed by atoms with van der Waals surface area (Å²) in [7, 11) is -3.39. The molecule has 4 heteroatoms. The van der Waals surface area contributed by atoms with Crippen LogP contribution in [-0.4, -0.2) is 20.3 Å². The van der Waals surface area contributed by atoms with Crippen molar-refractivity contribution < 1.29 is 12.6 Å². The first kappa shape index (κ1) is 19.2. The van der Waals surface area contributed by atoms with Gasteiger partial charge in [-0.2, -0.15) is 8.42 Å². The molecule has 4 rings (SSSR count). The van der Waals surface area contributed by atoms with Gasteiger partial charge in [-0.15, -0.1) is 0 Å². The van der Waals surface area contributed by atoms with Crippen LogP contribution in [0.4, 0.5) is 0 Å². The van der Waals surface area contributed by atoms with Gasteiger partial charge < -0.3 is 0 Å². The molecule has 150 valence electrons. The Bertz CT molecular complexity index is 629. The predicted octanol–water partition coefficient (Wildman–Crippen LogP) is 5.54. The third kappa shape index (κ3) is 3.07. The summed E-state index contributed by atoms with van der Waals surface area (Å²) in [6.45, 7) is 6.95. The molecule has 0 amide bonds. The summed E-state index contributed by atoms with van der Waals surface area (Å²) in [5.74, 6) is 2.62. The van der Waals surface area contributed by atoms with Crippen LogP contribution < -0.4 is 0 Å². The third-order valence-corrected chi connectivity index (χ3v) is 10.5. The first-order chi connectivity index (χ1) is 12.3. The van der Waals surface area contributed by atoms with Crippen molar-refractivity contribution in [2.75, 3.05) is 5.75 Å². The molecule has 4 fully saturated rings. The fourth-order valence-corrected chi connectivity index (χ4v) is 8.99. The van der Waals surface area contributed by atoms with Crippen molar-refractivity contribution in [3.05, 3.63) is 0 Å². The van der Waals surface area contributed by atoms with Crippen molar-refractivity contribution in [1.82, 2.24) is 0 Å². The van der Waals surface area contributed by atoms with Crippen molar-refractivity contribution in [2.45, 2.75) is 97.5 Å². The highest BCUT2D eigenvalue weighted by molar-refractivity contribution is 7.86. The minimum Gasteiger partial charge on any atom is -0.266 e. The van der Waals surface area contributed by atoms with Gasteiger partial charge in [0, 0.05) is 0 Å². The molecule has 3 nitrogen and oxygen atoms in total. The Labute approximate surface area is 160 Å². The minimum absolute atomic E-state index is 0.0598. The molecule has 0 aliphatic heterocycles. The largest absolute Gasteiger partial charge is 0.267 e. The minimum atomic E-state index is -3.39. The second-order valence-corrected chi connectivity index (χ2v) is 12.2. The number of hydrogen-bond donors (Lipinski definition) is 0. The third-order valence-electron chi connectivity index (χ3n) is 9.08. The van der Waals surface area contributed by atoms with Crippen LogP contribution in [0.3, 0.4) is 0 Å². The summed E-state index contributed by atoms with van der Waals surface area (Å²) < 4.78 is 31.1. The number of hydrogen-bond acceptors (Lipinski definition) is 3. The molecule has 0 radical (unpaired) electrons. The van der Waals surface area contributed by atoms with Gasteiger partial charge in [0.05, 0.1) is 11.9 Å². The molecule has 7 atom stereocenters. The molecule has 0 aromatic heterocycles. The van der Waals surface area contributed by atoms with Gasteiger partial charge in [0.25, 0.3) is 10.1 Å². The molecular formula is C22H38O3S. The summed E-state index contributed by atoms with van der Waals surface area (Å²) in [5, 5.41) is 0. The van der Waals surface area contributed by atoms with E-state index in [4.69, 9.17) is 4.18 Å². The second-order valence-electron chi connectivity index (χ2n) is 10.5. The van der Waals surface area contributed by atoms with E-state index < -0.39 is 10.1 Å².